The Morgan fingerprint density at radius 2 is 1.94 bits per heavy atom. The van der Waals surface area contributed by atoms with Crippen molar-refractivity contribution in [1.82, 2.24) is 14.7 Å². The molecule has 4 N–H and O–H groups in total. The Balaban J connectivity index is 1.47. The lowest BCUT2D eigenvalue weighted by molar-refractivity contribution is 0.0986. The van der Waals surface area contributed by atoms with E-state index < -0.39 is 12.2 Å². The minimum Gasteiger partial charge on any atom is -0.492 e. The fourth-order valence-electron chi connectivity index (χ4n) is 3.94. The monoisotopic (exact) mass is 510 g/mol. The summed E-state index contributed by atoms with van der Waals surface area (Å²) in [7, 11) is 1.44. The molecule has 0 fully saturated rings. The number of hydrogen-bond donors (Lipinski definition) is 3. The first-order chi connectivity index (χ1) is 17.4. The van der Waals surface area contributed by atoms with Gasteiger partial charge in [0.2, 0.25) is 5.88 Å². The molecule has 0 bridgehead atoms. The van der Waals surface area contributed by atoms with E-state index in [0.717, 1.165) is 10.2 Å². The molecule has 4 rings (SSSR count). The van der Waals surface area contributed by atoms with Gasteiger partial charge >= 0.3 is 6.09 Å². The van der Waals surface area contributed by atoms with Crippen molar-refractivity contribution < 1.29 is 24.5 Å². The maximum atomic E-state index is 11.6. The van der Waals surface area contributed by atoms with E-state index >= 15 is 0 Å². The zero-order valence-electron chi connectivity index (χ0n) is 19.7. The Morgan fingerprint density at radius 3 is 2.64 bits per heavy atom. The number of aliphatic hydroxyl groups is 1. The van der Waals surface area contributed by atoms with Crippen molar-refractivity contribution in [3.63, 3.8) is 0 Å². The van der Waals surface area contributed by atoms with Gasteiger partial charge in [-0.15, -0.1) is 5.10 Å². The van der Waals surface area contributed by atoms with Gasteiger partial charge in [-0.3, -0.25) is 4.90 Å². The Hall–Kier alpha value is -3.79. The van der Waals surface area contributed by atoms with E-state index in [9.17, 15) is 15.0 Å². The number of carbonyl (C=O) groups is 1. The molecule has 36 heavy (non-hydrogen) atoms. The number of nitrogen functional groups attached to an aromatic ring is 1. The zero-order chi connectivity index (χ0) is 25.7. The van der Waals surface area contributed by atoms with Gasteiger partial charge in [0, 0.05) is 25.7 Å². The van der Waals surface area contributed by atoms with Gasteiger partial charge < -0.3 is 25.4 Å². The molecule has 0 spiro atoms. The number of hydrogen-bond acceptors (Lipinski definition) is 7. The smallest absolute Gasteiger partial charge is 0.432 e. The molecule has 0 aliphatic rings. The van der Waals surface area contributed by atoms with Gasteiger partial charge in [-0.05, 0) is 35.4 Å². The summed E-state index contributed by atoms with van der Waals surface area (Å²) in [5.41, 5.74) is 8.47. The number of ether oxygens (including phenoxy) is 2. The van der Waals surface area contributed by atoms with Crippen molar-refractivity contribution in [3.8, 4) is 11.6 Å². The number of fused-ring (bicyclic) bond motifs is 1. The van der Waals surface area contributed by atoms with E-state index in [-0.39, 0.29) is 5.88 Å². The molecule has 1 unspecified atom stereocenters. The molecule has 10 heteroatoms. The minimum absolute atomic E-state index is 0.227. The number of carboxylic acid groups (broad SMARTS) is 1. The Bertz CT molecular complexity index is 1350. The van der Waals surface area contributed by atoms with Crippen LogP contribution in [0.2, 0.25) is 5.02 Å². The van der Waals surface area contributed by atoms with Crippen molar-refractivity contribution in [2.75, 3.05) is 32.5 Å². The summed E-state index contributed by atoms with van der Waals surface area (Å²) >= 11 is 6.02. The van der Waals surface area contributed by atoms with Gasteiger partial charge in [-0.2, -0.15) is 4.68 Å². The maximum Gasteiger partial charge on any atom is 0.432 e. The number of anilines is 1. The average molecular weight is 511 g/mol. The topological polar surface area (TPSA) is 123 Å². The van der Waals surface area contributed by atoms with Crippen LogP contribution in [0.25, 0.3) is 10.9 Å². The lowest BCUT2D eigenvalue weighted by Gasteiger charge is -2.25. The number of aliphatic hydroxyl groups excluding tert-OH is 1. The summed E-state index contributed by atoms with van der Waals surface area (Å²) in [5, 5.41) is 25.3. The quantitative estimate of drug-likeness (QED) is 0.268. The molecule has 9 nitrogen and oxygen atoms in total. The second kappa shape index (κ2) is 11.3. The Morgan fingerprint density at radius 1 is 1.17 bits per heavy atom. The molecule has 0 aliphatic carbocycles. The van der Waals surface area contributed by atoms with Crippen LogP contribution in [0.15, 0.2) is 66.7 Å². The van der Waals surface area contributed by atoms with E-state index in [1.54, 1.807) is 36.4 Å². The third kappa shape index (κ3) is 5.88. The molecular formula is C26H27ClN4O5. The number of aromatic nitrogens is 2. The number of benzene rings is 3. The lowest BCUT2D eigenvalue weighted by atomic mass is 10.1. The lowest BCUT2D eigenvalue weighted by Crippen LogP contribution is -2.32. The standard InChI is InChI=1S/C26H27ClN4O5/c1-35-25-20-9-8-19(14-23(20)31(29-25)26(33)34)36-12-11-30(15-17-5-3-2-4-6-17)16-24(32)18-7-10-21(27)22(28)13-18/h2-10,13-14,24,32H,11-12,15-16,28H2,1H3,(H,33,34). The highest BCUT2D eigenvalue weighted by Gasteiger charge is 2.18. The second-order valence-corrected chi connectivity index (χ2v) is 8.66. The van der Waals surface area contributed by atoms with Crippen LogP contribution >= 0.6 is 11.6 Å². The molecule has 1 aromatic heterocycles. The van der Waals surface area contributed by atoms with Gasteiger partial charge in [0.25, 0.3) is 0 Å². The molecule has 1 heterocycles. The van der Waals surface area contributed by atoms with Gasteiger partial charge in [0.05, 0.1) is 34.8 Å². The second-order valence-electron chi connectivity index (χ2n) is 8.25. The van der Waals surface area contributed by atoms with Crippen LogP contribution in [0.5, 0.6) is 11.6 Å². The molecule has 0 radical (unpaired) electrons. The van der Waals surface area contributed by atoms with E-state index in [4.69, 9.17) is 26.8 Å². The van der Waals surface area contributed by atoms with Crippen molar-refractivity contribution in [3.05, 3.63) is 82.9 Å². The SMILES string of the molecule is COc1nn(C(=O)O)c2cc(OCCN(Cc3ccccc3)CC(O)c3ccc(Cl)c(N)c3)ccc12. The Labute approximate surface area is 213 Å². The molecule has 0 saturated carbocycles. The maximum absolute atomic E-state index is 11.6. The van der Waals surface area contributed by atoms with Crippen molar-refractivity contribution in [1.29, 1.82) is 0 Å². The van der Waals surface area contributed by atoms with Crippen LogP contribution in [-0.4, -0.2) is 57.8 Å². The van der Waals surface area contributed by atoms with Crippen LogP contribution in [0.1, 0.15) is 17.2 Å². The molecular weight excluding hydrogens is 484 g/mol. The number of halogens is 1. The normalized spacial score (nSPS) is 12.1. The van der Waals surface area contributed by atoms with E-state index in [1.807, 2.05) is 30.3 Å². The fraction of sp³-hybridized carbons (Fsp3) is 0.231. The first kappa shape index (κ1) is 25.3. The predicted molar refractivity (Wildman–Crippen MR) is 138 cm³/mol. The summed E-state index contributed by atoms with van der Waals surface area (Å²) < 4.78 is 12.0. The third-order valence-corrected chi connectivity index (χ3v) is 6.10. The summed E-state index contributed by atoms with van der Waals surface area (Å²) in [6.45, 7) is 1.77. The zero-order valence-corrected chi connectivity index (χ0v) is 20.4. The largest absolute Gasteiger partial charge is 0.492 e. The van der Waals surface area contributed by atoms with Crippen molar-refractivity contribution in [2.24, 2.45) is 0 Å². The number of rotatable bonds is 10. The fourth-order valence-corrected chi connectivity index (χ4v) is 4.06. The van der Waals surface area contributed by atoms with Crippen LogP contribution in [0, 0.1) is 0 Å². The highest BCUT2D eigenvalue weighted by Crippen LogP contribution is 2.28. The van der Waals surface area contributed by atoms with E-state index in [1.165, 1.54) is 7.11 Å². The molecule has 4 aromatic rings. The average Bonchev–Trinajstić information content (AvgIpc) is 3.24. The Kier molecular flexibility index (Phi) is 7.94. The molecule has 188 valence electrons. The summed E-state index contributed by atoms with van der Waals surface area (Å²) in [6.07, 6.45) is -1.99. The van der Waals surface area contributed by atoms with Crippen LogP contribution in [0.4, 0.5) is 10.5 Å². The summed E-state index contributed by atoms with van der Waals surface area (Å²) in [4.78, 5) is 13.6. The van der Waals surface area contributed by atoms with Gasteiger partial charge in [0.1, 0.15) is 12.4 Å². The molecule has 0 amide bonds. The highest BCUT2D eigenvalue weighted by molar-refractivity contribution is 6.33. The molecule has 3 aromatic carbocycles. The van der Waals surface area contributed by atoms with Crippen molar-refractivity contribution >= 4 is 34.3 Å². The number of methoxy groups -OCH3 is 1. The molecule has 0 saturated heterocycles. The van der Waals surface area contributed by atoms with Crippen LogP contribution in [-0.2, 0) is 6.54 Å². The first-order valence-electron chi connectivity index (χ1n) is 11.3. The van der Waals surface area contributed by atoms with Gasteiger partial charge in [-0.1, -0.05) is 48.0 Å². The van der Waals surface area contributed by atoms with E-state index in [2.05, 4.69) is 10.00 Å². The van der Waals surface area contributed by atoms with Gasteiger partial charge in [-0.25, -0.2) is 4.79 Å². The number of nitrogens with two attached hydrogens (primary N) is 1. The molecule has 0 aliphatic heterocycles. The number of nitrogens with zero attached hydrogens (tertiary/aromatic N) is 3. The van der Waals surface area contributed by atoms with E-state index in [0.29, 0.717) is 59.2 Å². The highest BCUT2D eigenvalue weighted by atomic mass is 35.5. The van der Waals surface area contributed by atoms with Crippen LogP contribution in [0.3, 0.4) is 0 Å². The van der Waals surface area contributed by atoms with Crippen LogP contribution < -0.4 is 15.2 Å². The summed E-state index contributed by atoms with van der Waals surface area (Å²) in [5.74, 6) is 0.725. The van der Waals surface area contributed by atoms with Crippen molar-refractivity contribution in [2.45, 2.75) is 12.6 Å². The predicted octanol–water partition coefficient (Wildman–Crippen LogP) is 4.42. The third-order valence-electron chi connectivity index (χ3n) is 5.75. The van der Waals surface area contributed by atoms with Gasteiger partial charge in [0.15, 0.2) is 0 Å². The first-order valence-corrected chi connectivity index (χ1v) is 11.7. The minimum atomic E-state index is -1.22. The molecule has 1 atom stereocenters. The summed E-state index contributed by atoms with van der Waals surface area (Å²) in [6, 6.07) is 20.1.